The number of pyridine rings is 1. The number of hydrogen-bond donors (Lipinski definition) is 1. The van der Waals surface area contributed by atoms with Crippen molar-refractivity contribution in [3.8, 4) is 0 Å². The monoisotopic (exact) mass is 425 g/mol. The van der Waals surface area contributed by atoms with Crippen molar-refractivity contribution in [2.75, 3.05) is 5.32 Å². The Kier molecular flexibility index (Phi) is 4.71. The van der Waals surface area contributed by atoms with E-state index in [0.29, 0.717) is 16.6 Å². The highest BCUT2D eigenvalue weighted by Gasteiger charge is 2.45. The van der Waals surface area contributed by atoms with E-state index in [-0.39, 0.29) is 15.5 Å². The Morgan fingerprint density at radius 1 is 1.32 bits per heavy atom. The van der Waals surface area contributed by atoms with E-state index >= 15 is 0 Å². The first-order valence-corrected chi connectivity index (χ1v) is 10.1. The molecule has 0 saturated carbocycles. The van der Waals surface area contributed by atoms with Crippen LogP contribution in [0.5, 0.6) is 0 Å². The van der Waals surface area contributed by atoms with Crippen molar-refractivity contribution in [2.45, 2.75) is 23.1 Å². The fourth-order valence-corrected chi connectivity index (χ4v) is 6.13. The third-order valence-corrected chi connectivity index (χ3v) is 7.54. The SMILES string of the molecule is O=C([O-])CC1Nc2ccncc2[S+](Cc2nc3c(F)c(F)cc(F)c3s2)C1=O. The summed E-state index contributed by atoms with van der Waals surface area (Å²) in [7, 11) is -1.15. The van der Waals surface area contributed by atoms with Gasteiger partial charge in [-0.2, -0.15) is 0 Å². The summed E-state index contributed by atoms with van der Waals surface area (Å²) >= 11 is 0.825. The zero-order valence-corrected chi connectivity index (χ0v) is 15.5. The van der Waals surface area contributed by atoms with Crippen LogP contribution in [0.4, 0.5) is 18.9 Å². The van der Waals surface area contributed by atoms with E-state index in [1.165, 1.54) is 12.4 Å². The van der Waals surface area contributed by atoms with Gasteiger partial charge in [0.2, 0.25) is 4.90 Å². The largest absolute Gasteiger partial charge is 0.550 e. The Labute approximate surface area is 162 Å². The van der Waals surface area contributed by atoms with Gasteiger partial charge in [0.1, 0.15) is 33.3 Å². The molecule has 0 saturated heterocycles. The molecule has 0 fully saturated rings. The Morgan fingerprint density at radius 2 is 2.11 bits per heavy atom. The van der Waals surface area contributed by atoms with Gasteiger partial charge in [0.05, 0.1) is 16.6 Å². The number of fused-ring (bicyclic) bond motifs is 2. The number of nitrogens with one attached hydrogen (secondary N) is 1. The first-order chi connectivity index (χ1) is 13.3. The summed E-state index contributed by atoms with van der Waals surface area (Å²) in [5.41, 5.74) is 0.120. The molecule has 1 aromatic carbocycles. The molecule has 0 spiro atoms. The minimum Gasteiger partial charge on any atom is -0.550 e. The second-order valence-electron chi connectivity index (χ2n) is 5.94. The van der Waals surface area contributed by atoms with E-state index < -0.39 is 57.4 Å². The summed E-state index contributed by atoms with van der Waals surface area (Å²) in [6.07, 6.45) is 2.45. The van der Waals surface area contributed by atoms with Crippen LogP contribution in [0.3, 0.4) is 0 Å². The molecule has 4 rings (SSSR count). The normalized spacial score (nSPS) is 18.8. The highest BCUT2D eigenvalue weighted by molar-refractivity contribution is 8.10. The van der Waals surface area contributed by atoms with E-state index in [9.17, 15) is 27.9 Å². The maximum Gasteiger partial charge on any atom is 0.359 e. The fraction of sp³-hybridized carbons (Fsp3) is 0.176. The number of aromatic nitrogens is 2. The number of carboxylic acids is 1. The maximum absolute atomic E-state index is 13.9. The summed E-state index contributed by atoms with van der Waals surface area (Å²) < 4.78 is 41.2. The number of carbonyl (C=O) groups excluding carboxylic acids is 2. The number of benzene rings is 1. The van der Waals surface area contributed by atoms with Gasteiger partial charge in [-0.1, -0.05) is 0 Å². The molecule has 1 N–H and O–H groups in total. The first kappa shape index (κ1) is 18.7. The molecule has 2 unspecified atom stereocenters. The van der Waals surface area contributed by atoms with E-state index in [2.05, 4.69) is 15.3 Å². The van der Waals surface area contributed by atoms with Crippen LogP contribution in [0.2, 0.25) is 0 Å². The number of anilines is 1. The van der Waals surface area contributed by atoms with E-state index in [4.69, 9.17) is 0 Å². The van der Waals surface area contributed by atoms with Gasteiger partial charge in [-0.05, 0) is 6.07 Å². The molecule has 28 heavy (non-hydrogen) atoms. The van der Waals surface area contributed by atoms with Crippen LogP contribution in [0, 0.1) is 17.5 Å². The molecule has 0 radical (unpaired) electrons. The Bertz CT molecular complexity index is 1120. The molecule has 1 aliphatic heterocycles. The van der Waals surface area contributed by atoms with Crippen molar-refractivity contribution in [3.05, 3.63) is 47.0 Å². The zero-order valence-electron chi connectivity index (χ0n) is 13.9. The molecule has 0 bridgehead atoms. The molecule has 2 atom stereocenters. The van der Waals surface area contributed by atoms with Crippen LogP contribution in [-0.2, 0) is 26.2 Å². The fourth-order valence-electron chi connectivity index (χ4n) is 2.89. The lowest BCUT2D eigenvalue weighted by molar-refractivity contribution is -0.305. The molecule has 0 aliphatic carbocycles. The van der Waals surface area contributed by atoms with E-state index in [0.717, 1.165) is 11.3 Å². The van der Waals surface area contributed by atoms with E-state index in [1.54, 1.807) is 6.07 Å². The summed E-state index contributed by atoms with van der Waals surface area (Å²) in [5.74, 6) is -4.91. The predicted molar refractivity (Wildman–Crippen MR) is 95.1 cm³/mol. The van der Waals surface area contributed by atoms with Gasteiger partial charge in [-0.3, -0.25) is 4.98 Å². The Balaban J connectivity index is 1.74. The van der Waals surface area contributed by atoms with Gasteiger partial charge in [0.25, 0.3) is 0 Å². The lowest BCUT2D eigenvalue weighted by Gasteiger charge is -2.24. The quantitative estimate of drug-likeness (QED) is 0.506. The van der Waals surface area contributed by atoms with Crippen LogP contribution < -0.4 is 10.4 Å². The topological polar surface area (TPSA) is 95.0 Å². The van der Waals surface area contributed by atoms with Gasteiger partial charge in [-0.25, -0.2) is 22.9 Å². The number of aliphatic carboxylic acids is 1. The molecule has 3 heterocycles. The molecule has 3 aromatic rings. The number of halogens is 3. The summed E-state index contributed by atoms with van der Waals surface area (Å²) in [5, 5.41) is 13.7. The minimum absolute atomic E-state index is 0.00258. The van der Waals surface area contributed by atoms with Crippen LogP contribution in [-0.4, -0.2) is 27.1 Å². The molecule has 6 nitrogen and oxygen atoms in total. The minimum atomic E-state index is -1.38. The summed E-state index contributed by atoms with van der Waals surface area (Å²) in [6, 6.07) is 1.06. The summed E-state index contributed by atoms with van der Waals surface area (Å²) in [4.78, 5) is 32.3. The van der Waals surface area contributed by atoms with Crippen molar-refractivity contribution in [1.82, 2.24) is 9.97 Å². The Hall–Kier alpha value is -2.66. The third kappa shape index (κ3) is 3.20. The number of carbonyl (C=O) groups is 2. The van der Waals surface area contributed by atoms with Gasteiger partial charge in [0.15, 0.2) is 17.4 Å². The molecule has 144 valence electrons. The van der Waals surface area contributed by atoms with Crippen LogP contribution in [0.15, 0.2) is 29.4 Å². The second-order valence-corrected chi connectivity index (χ2v) is 8.93. The first-order valence-electron chi connectivity index (χ1n) is 7.93. The standard InChI is InChI=1S/C17H10F3N3O3S2/c18-7-3-8(19)16-15(14(7)20)23-12(27-16)6-28-11-5-21-2-1-9(11)22-10(17(28)26)4-13(24)25/h1-3,5,10H,4,6H2,(H-,21,22,24,25). The third-order valence-electron chi connectivity index (χ3n) is 4.11. The van der Waals surface area contributed by atoms with Crippen LogP contribution >= 0.6 is 11.3 Å². The van der Waals surface area contributed by atoms with Crippen molar-refractivity contribution in [1.29, 1.82) is 0 Å². The highest BCUT2D eigenvalue weighted by atomic mass is 32.2. The average molecular weight is 425 g/mol. The van der Waals surface area contributed by atoms with Gasteiger partial charge < -0.3 is 15.2 Å². The molecule has 11 heteroatoms. The van der Waals surface area contributed by atoms with Crippen molar-refractivity contribution in [3.63, 3.8) is 0 Å². The lowest BCUT2D eigenvalue weighted by Crippen LogP contribution is -2.44. The van der Waals surface area contributed by atoms with Crippen LogP contribution in [0.25, 0.3) is 10.2 Å². The van der Waals surface area contributed by atoms with Gasteiger partial charge in [-0.15, -0.1) is 11.3 Å². The van der Waals surface area contributed by atoms with Crippen molar-refractivity contribution in [2.24, 2.45) is 0 Å². The molecular weight excluding hydrogens is 415 g/mol. The average Bonchev–Trinajstić information content (AvgIpc) is 3.07. The smallest absolute Gasteiger partial charge is 0.359 e. The van der Waals surface area contributed by atoms with Crippen LogP contribution in [0.1, 0.15) is 11.4 Å². The number of nitrogens with zero attached hydrogens (tertiary/aromatic N) is 2. The van der Waals surface area contributed by atoms with Crippen molar-refractivity contribution >= 4 is 49.2 Å². The Morgan fingerprint density at radius 3 is 2.86 bits per heavy atom. The molecule has 2 aromatic heterocycles. The molecular formula is C17H10F3N3O3S2. The zero-order chi connectivity index (χ0) is 20.0. The maximum atomic E-state index is 13.9. The van der Waals surface area contributed by atoms with Crippen molar-refractivity contribution < 1.29 is 27.9 Å². The predicted octanol–water partition coefficient (Wildman–Crippen LogP) is 1.75. The summed E-state index contributed by atoms with van der Waals surface area (Å²) in [6.45, 7) is 0. The lowest BCUT2D eigenvalue weighted by atomic mass is 10.2. The van der Waals surface area contributed by atoms with E-state index in [1.807, 2.05) is 0 Å². The second kappa shape index (κ2) is 7.06. The number of thiazole rings is 1. The number of rotatable bonds is 4. The highest BCUT2D eigenvalue weighted by Crippen LogP contribution is 2.36. The molecule has 0 amide bonds. The molecule has 1 aliphatic rings. The number of carboxylic acid groups (broad SMARTS) is 1. The van der Waals surface area contributed by atoms with Gasteiger partial charge in [0, 0.05) is 24.7 Å². The van der Waals surface area contributed by atoms with Gasteiger partial charge >= 0.3 is 5.12 Å². The number of hydrogen-bond acceptors (Lipinski definition) is 7.